The molecule has 2 aromatic rings. The van der Waals surface area contributed by atoms with Crippen LogP contribution in [0.1, 0.15) is 0 Å². The van der Waals surface area contributed by atoms with Gasteiger partial charge in [-0.05, 0) is 19.2 Å². The van der Waals surface area contributed by atoms with E-state index in [1.807, 2.05) is 0 Å². The summed E-state index contributed by atoms with van der Waals surface area (Å²) in [5.41, 5.74) is 0.663. The van der Waals surface area contributed by atoms with Crippen LogP contribution in [0.25, 0.3) is 10.2 Å². The van der Waals surface area contributed by atoms with Crippen LogP contribution < -0.4 is 4.90 Å². The van der Waals surface area contributed by atoms with Gasteiger partial charge in [0.25, 0.3) is 0 Å². The molecular formula is C15H18FN3O3S. The molecule has 0 radical (unpaired) electrons. The number of aliphatic carboxylic acids is 1. The van der Waals surface area contributed by atoms with Gasteiger partial charge in [-0.1, -0.05) is 17.4 Å². The van der Waals surface area contributed by atoms with Crippen LogP contribution in [-0.2, 0) is 9.53 Å². The lowest BCUT2D eigenvalue weighted by atomic mass is 10.2. The van der Waals surface area contributed by atoms with Crippen molar-refractivity contribution >= 4 is 32.7 Å². The Balaban J connectivity index is 1.70. The Morgan fingerprint density at radius 2 is 2.43 bits per heavy atom. The van der Waals surface area contributed by atoms with Crippen LogP contribution >= 0.6 is 11.3 Å². The molecule has 8 heteroatoms. The third-order valence-electron chi connectivity index (χ3n) is 3.69. The maximum atomic E-state index is 13.8. The first-order valence-corrected chi connectivity index (χ1v) is 8.16. The van der Waals surface area contributed by atoms with E-state index < -0.39 is 5.97 Å². The molecule has 0 spiro atoms. The van der Waals surface area contributed by atoms with Crippen molar-refractivity contribution in [3.8, 4) is 0 Å². The number of thiazole rings is 1. The van der Waals surface area contributed by atoms with Crippen molar-refractivity contribution in [1.29, 1.82) is 0 Å². The van der Waals surface area contributed by atoms with Gasteiger partial charge >= 0.3 is 5.97 Å². The molecule has 1 atom stereocenters. The Labute approximate surface area is 137 Å². The van der Waals surface area contributed by atoms with Crippen LogP contribution in [0.4, 0.5) is 9.52 Å². The zero-order valence-corrected chi connectivity index (χ0v) is 13.6. The number of morpholine rings is 1. The summed E-state index contributed by atoms with van der Waals surface area (Å²) in [6, 6.07) is 4.90. The summed E-state index contributed by atoms with van der Waals surface area (Å²) in [4.78, 5) is 19.0. The van der Waals surface area contributed by atoms with Gasteiger partial charge in [0.1, 0.15) is 5.82 Å². The largest absolute Gasteiger partial charge is 0.480 e. The normalized spacial score (nSPS) is 18.7. The van der Waals surface area contributed by atoms with Crippen molar-refractivity contribution in [3.63, 3.8) is 0 Å². The molecule has 1 aliphatic rings. The average molecular weight is 339 g/mol. The second-order valence-electron chi connectivity index (χ2n) is 5.61. The van der Waals surface area contributed by atoms with Gasteiger partial charge in [0.05, 0.1) is 29.5 Å². The van der Waals surface area contributed by atoms with Gasteiger partial charge in [0.15, 0.2) is 5.13 Å². The molecule has 1 N–H and O–H groups in total. The van der Waals surface area contributed by atoms with E-state index in [9.17, 15) is 9.18 Å². The Hall–Kier alpha value is -1.77. The van der Waals surface area contributed by atoms with E-state index in [0.29, 0.717) is 36.5 Å². The van der Waals surface area contributed by atoms with Gasteiger partial charge in [-0.15, -0.1) is 0 Å². The molecule has 0 amide bonds. The zero-order chi connectivity index (χ0) is 16.4. The van der Waals surface area contributed by atoms with Gasteiger partial charge in [-0.25, -0.2) is 9.37 Å². The number of carbonyl (C=O) groups is 1. The number of carboxylic acids is 1. The highest BCUT2D eigenvalue weighted by molar-refractivity contribution is 7.22. The molecule has 1 unspecified atom stereocenters. The van der Waals surface area contributed by atoms with Gasteiger partial charge in [0, 0.05) is 19.6 Å². The van der Waals surface area contributed by atoms with E-state index in [0.717, 1.165) is 5.13 Å². The monoisotopic (exact) mass is 339 g/mol. The fraction of sp³-hybridized carbons (Fsp3) is 0.467. The van der Waals surface area contributed by atoms with Crippen LogP contribution in [0.2, 0.25) is 0 Å². The summed E-state index contributed by atoms with van der Waals surface area (Å²) in [7, 11) is 1.75. The van der Waals surface area contributed by atoms with Gasteiger partial charge in [-0.3, -0.25) is 9.69 Å². The van der Waals surface area contributed by atoms with Crippen LogP contribution in [0.15, 0.2) is 18.2 Å². The van der Waals surface area contributed by atoms with Crippen molar-refractivity contribution in [2.24, 2.45) is 0 Å². The van der Waals surface area contributed by atoms with Crippen LogP contribution in [-0.4, -0.2) is 66.9 Å². The van der Waals surface area contributed by atoms with Crippen molar-refractivity contribution in [3.05, 3.63) is 24.0 Å². The van der Waals surface area contributed by atoms with Crippen LogP contribution in [0.3, 0.4) is 0 Å². The minimum Gasteiger partial charge on any atom is -0.480 e. The Morgan fingerprint density at radius 1 is 1.61 bits per heavy atom. The number of ether oxygens (including phenoxy) is 1. The molecule has 1 saturated heterocycles. The average Bonchev–Trinajstić information content (AvgIpc) is 2.92. The highest BCUT2D eigenvalue weighted by atomic mass is 32.1. The smallest absolute Gasteiger partial charge is 0.317 e. The fourth-order valence-corrected chi connectivity index (χ4v) is 3.69. The summed E-state index contributed by atoms with van der Waals surface area (Å²) in [5.74, 6) is -1.11. The van der Waals surface area contributed by atoms with Crippen LogP contribution in [0, 0.1) is 5.82 Å². The van der Waals surface area contributed by atoms with E-state index in [1.165, 1.54) is 17.4 Å². The van der Waals surface area contributed by atoms with Crippen LogP contribution in [0.5, 0.6) is 0 Å². The third-order valence-corrected chi connectivity index (χ3v) is 4.83. The summed E-state index contributed by atoms with van der Waals surface area (Å²) in [5, 5.41) is 9.59. The minimum absolute atomic E-state index is 0.0216. The number of hydrogen-bond donors (Lipinski definition) is 1. The highest BCUT2D eigenvalue weighted by Gasteiger charge is 2.24. The molecule has 3 rings (SSSR count). The number of rotatable bonds is 5. The van der Waals surface area contributed by atoms with Gasteiger partial charge in [-0.2, -0.15) is 0 Å². The Kier molecular flexibility index (Phi) is 4.74. The number of anilines is 1. The molecule has 0 saturated carbocycles. The van der Waals surface area contributed by atoms with Gasteiger partial charge in [0.2, 0.25) is 0 Å². The number of fused-ring (bicyclic) bond motifs is 1. The number of aromatic nitrogens is 1. The molecule has 1 aliphatic heterocycles. The molecule has 124 valence electrons. The van der Waals surface area contributed by atoms with E-state index in [1.54, 1.807) is 24.1 Å². The van der Waals surface area contributed by atoms with Crippen molar-refractivity contribution in [2.45, 2.75) is 6.10 Å². The first kappa shape index (κ1) is 16.1. The predicted molar refractivity (Wildman–Crippen MR) is 86.7 cm³/mol. The first-order valence-electron chi connectivity index (χ1n) is 7.35. The molecule has 6 nitrogen and oxygen atoms in total. The van der Waals surface area contributed by atoms with E-state index in [2.05, 4.69) is 9.88 Å². The molecule has 2 heterocycles. The summed E-state index contributed by atoms with van der Waals surface area (Å²) < 4.78 is 20.1. The Morgan fingerprint density at radius 3 is 3.17 bits per heavy atom. The lowest BCUT2D eigenvalue weighted by Crippen LogP contribution is -2.47. The zero-order valence-electron chi connectivity index (χ0n) is 12.7. The van der Waals surface area contributed by atoms with E-state index in [-0.39, 0.29) is 18.5 Å². The fourth-order valence-electron chi connectivity index (χ4n) is 2.69. The number of halogens is 1. The number of benzene rings is 1. The lowest BCUT2D eigenvalue weighted by Gasteiger charge is -2.34. The van der Waals surface area contributed by atoms with Crippen molar-refractivity contribution < 1.29 is 19.0 Å². The highest BCUT2D eigenvalue weighted by Crippen LogP contribution is 2.31. The number of carboxylic acid groups (broad SMARTS) is 1. The second-order valence-corrected chi connectivity index (χ2v) is 6.59. The molecule has 23 heavy (non-hydrogen) atoms. The summed E-state index contributed by atoms with van der Waals surface area (Å²) >= 11 is 1.34. The first-order chi connectivity index (χ1) is 11.0. The quantitative estimate of drug-likeness (QED) is 0.894. The molecule has 1 aromatic carbocycles. The standard InChI is InChI=1S/C15H18FN3O3S/c1-18(9-13(20)21)7-10-8-19(5-6-22-10)15-17-12-4-2-3-11(16)14(12)23-15/h2-4,10H,5-9H2,1H3,(H,20,21). The SMILES string of the molecule is CN(CC(=O)O)CC1CN(c2nc3cccc(F)c3s2)CCO1. The second kappa shape index (κ2) is 6.77. The molecule has 0 bridgehead atoms. The lowest BCUT2D eigenvalue weighted by molar-refractivity contribution is -0.138. The van der Waals surface area contributed by atoms with E-state index >= 15 is 0 Å². The number of likely N-dealkylation sites (N-methyl/N-ethyl adjacent to an activating group) is 1. The number of nitrogens with zero attached hydrogens (tertiary/aromatic N) is 3. The third kappa shape index (κ3) is 3.77. The summed E-state index contributed by atoms with van der Waals surface area (Å²) in [6.45, 7) is 2.37. The topological polar surface area (TPSA) is 65.9 Å². The van der Waals surface area contributed by atoms with E-state index in [4.69, 9.17) is 9.84 Å². The summed E-state index contributed by atoms with van der Waals surface area (Å²) in [6.07, 6.45) is -0.0926. The molecule has 1 fully saturated rings. The molecule has 1 aromatic heterocycles. The van der Waals surface area contributed by atoms with Gasteiger partial charge < -0.3 is 14.7 Å². The molecular weight excluding hydrogens is 321 g/mol. The Bertz CT molecular complexity index is 708. The minimum atomic E-state index is -0.859. The number of hydrogen-bond acceptors (Lipinski definition) is 6. The maximum absolute atomic E-state index is 13.8. The van der Waals surface area contributed by atoms with Crippen molar-refractivity contribution in [2.75, 3.05) is 44.7 Å². The maximum Gasteiger partial charge on any atom is 0.317 e. The molecule has 0 aliphatic carbocycles. The predicted octanol–water partition coefficient (Wildman–Crippen LogP) is 1.66. The van der Waals surface area contributed by atoms with Crippen molar-refractivity contribution in [1.82, 2.24) is 9.88 Å².